The summed E-state index contributed by atoms with van der Waals surface area (Å²) in [6.07, 6.45) is 2.42. The van der Waals surface area contributed by atoms with Gasteiger partial charge in [-0.2, -0.15) is 0 Å². The van der Waals surface area contributed by atoms with E-state index in [1.165, 1.54) is 12.8 Å². The van der Waals surface area contributed by atoms with Gasteiger partial charge in [0, 0.05) is 12.6 Å². The molecule has 1 aliphatic rings. The van der Waals surface area contributed by atoms with Crippen LogP contribution < -0.4 is 0 Å². The predicted molar refractivity (Wildman–Crippen MR) is 53.2 cm³/mol. The van der Waals surface area contributed by atoms with Crippen LogP contribution in [0.25, 0.3) is 0 Å². The maximum Gasteiger partial charge on any atom is 0.159 e. The monoisotopic (exact) mass is 215 g/mol. The second kappa shape index (κ2) is 4.28. The first-order chi connectivity index (χ1) is 6.86. The van der Waals surface area contributed by atoms with E-state index in [-0.39, 0.29) is 0 Å². The largest absolute Gasteiger partial charge is 0.374 e. The van der Waals surface area contributed by atoms with E-state index in [1.54, 1.807) is 0 Å². The SMILES string of the molecule is CCOCc1nnc(CCl)n1C1CC1. The molecule has 0 atom stereocenters. The van der Waals surface area contributed by atoms with Gasteiger partial charge in [0.05, 0.1) is 5.88 Å². The van der Waals surface area contributed by atoms with Crippen LogP contribution >= 0.6 is 11.6 Å². The van der Waals surface area contributed by atoms with Crippen LogP contribution in [-0.2, 0) is 17.2 Å². The minimum absolute atomic E-state index is 0.426. The van der Waals surface area contributed by atoms with Crippen molar-refractivity contribution in [1.29, 1.82) is 0 Å². The van der Waals surface area contributed by atoms with Crippen LogP contribution in [0.1, 0.15) is 37.5 Å². The standard InChI is InChI=1S/C9H14ClN3O/c1-2-14-6-9-12-11-8(5-10)13(9)7-3-4-7/h7H,2-6H2,1H3. The second-order valence-electron chi connectivity index (χ2n) is 3.40. The number of nitrogens with zero attached hydrogens (tertiary/aromatic N) is 3. The lowest BCUT2D eigenvalue weighted by atomic mass is 10.5. The van der Waals surface area contributed by atoms with Crippen molar-refractivity contribution in [2.45, 2.75) is 38.3 Å². The van der Waals surface area contributed by atoms with Crippen molar-refractivity contribution in [2.24, 2.45) is 0 Å². The zero-order valence-corrected chi connectivity index (χ0v) is 9.00. The first-order valence-corrected chi connectivity index (χ1v) is 5.46. The van der Waals surface area contributed by atoms with E-state index in [2.05, 4.69) is 14.8 Å². The fourth-order valence-electron chi connectivity index (χ4n) is 1.50. The molecule has 1 aromatic heterocycles. The summed E-state index contributed by atoms with van der Waals surface area (Å²) in [5.74, 6) is 2.20. The molecular formula is C9H14ClN3O. The molecule has 1 aromatic rings. The minimum atomic E-state index is 0.426. The van der Waals surface area contributed by atoms with Gasteiger partial charge >= 0.3 is 0 Å². The van der Waals surface area contributed by atoms with Gasteiger partial charge in [0.25, 0.3) is 0 Å². The average Bonchev–Trinajstić information content (AvgIpc) is 2.96. The number of aromatic nitrogens is 3. The number of hydrogen-bond acceptors (Lipinski definition) is 3. The number of halogens is 1. The van der Waals surface area contributed by atoms with E-state index in [0.29, 0.717) is 25.1 Å². The van der Waals surface area contributed by atoms with Gasteiger partial charge in [-0.05, 0) is 19.8 Å². The summed E-state index contributed by atoms with van der Waals surface area (Å²) in [5.41, 5.74) is 0. The van der Waals surface area contributed by atoms with Crippen molar-refractivity contribution in [1.82, 2.24) is 14.8 Å². The Balaban J connectivity index is 2.16. The average molecular weight is 216 g/mol. The zero-order valence-electron chi connectivity index (χ0n) is 8.24. The molecule has 1 heterocycles. The van der Waals surface area contributed by atoms with Gasteiger partial charge in [-0.3, -0.25) is 0 Å². The third kappa shape index (κ3) is 1.91. The third-order valence-electron chi connectivity index (χ3n) is 2.30. The molecule has 0 unspecified atom stereocenters. The molecule has 0 bridgehead atoms. The summed E-state index contributed by atoms with van der Waals surface area (Å²) in [7, 11) is 0. The molecule has 1 aliphatic carbocycles. The molecule has 0 aromatic carbocycles. The van der Waals surface area contributed by atoms with Gasteiger partial charge in [0.15, 0.2) is 5.82 Å². The highest BCUT2D eigenvalue weighted by atomic mass is 35.5. The highest BCUT2D eigenvalue weighted by Crippen LogP contribution is 2.36. The van der Waals surface area contributed by atoms with Crippen LogP contribution in [-0.4, -0.2) is 21.4 Å². The molecule has 0 aliphatic heterocycles. The zero-order chi connectivity index (χ0) is 9.97. The molecule has 0 radical (unpaired) electrons. The Morgan fingerprint density at radius 1 is 1.43 bits per heavy atom. The number of hydrogen-bond donors (Lipinski definition) is 0. The smallest absolute Gasteiger partial charge is 0.159 e. The molecular weight excluding hydrogens is 202 g/mol. The summed E-state index contributed by atoms with van der Waals surface area (Å²) < 4.78 is 7.46. The Bertz CT molecular complexity index is 309. The molecule has 0 amide bonds. The number of alkyl halides is 1. The van der Waals surface area contributed by atoms with Crippen molar-refractivity contribution < 1.29 is 4.74 Å². The number of ether oxygens (including phenoxy) is 1. The van der Waals surface area contributed by atoms with Crippen molar-refractivity contribution >= 4 is 11.6 Å². The lowest BCUT2D eigenvalue weighted by Crippen LogP contribution is -2.06. The molecule has 0 saturated heterocycles. The van der Waals surface area contributed by atoms with Crippen LogP contribution in [0.2, 0.25) is 0 Å². The molecule has 2 rings (SSSR count). The van der Waals surface area contributed by atoms with Gasteiger partial charge < -0.3 is 9.30 Å². The Hall–Kier alpha value is -0.610. The molecule has 1 fully saturated rings. The third-order valence-corrected chi connectivity index (χ3v) is 2.54. The lowest BCUT2D eigenvalue weighted by molar-refractivity contribution is 0.125. The fraction of sp³-hybridized carbons (Fsp3) is 0.778. The number of rotatable bonds is 5. The maximum atomic E-state index is 5.79. The second-order valence-corrected chi connectivity index (χ2v) is 3.67. The Morgan fingerprint density at radius 2 is 2.14 bits per heavy atom. The molecule has 4 nitrogen and oxygen atoms in total. The van der Waals surface area contributed by atoms with Crippen molar-refractivity contribution in [3.63, 3.8) is 0 Å². The minimum Gasteiger partial charge on any atom is -0.374 e. The topological polar surface area (TPSA) is 39.9 Å². The first-order valence-electron chi connectivity index (χ1n) is 4.93. The molecule has 0 N–H and O–H groups in total. The van der Waals surface area contributed by atoms with Gasteiger partial charge in [0.1, 0.15) is 12.4 Å². The van der Waals surface area contributed by atoms with Crippen molar-refractivity contribution in [2.75, 3.05) is 6.61 Å². The van der Waals surface area contributed by atoms with E-state index in [9.17, 15) is 0 Å². The van der Waals surface area contributed by atoms with Crippen LogP contribution in [0.5, 0.6) is 0 Å². The Labute approximate surface area is 88.2 Å². The van der Waals surface area contributed by atoms with E-state index < -0.39 is 0 Å². The Kier molecular flexibility index (Phi) is 3.03. The highest BCUT2D eigenvalue weighted by molar-refractivity contribution is 6.16. The van der Waals surface area contributed by atoms with Crippen LogP contribution in [0, 0.1) is 0 Å². The van der Waals surface area contributed by atoms with E-state index >= 15 is 0 Å². The lowest BCUT2D eigenvalue weighted by Gasteiger charge is -2.06. The van der Waals surface area contributed by atoms with Gasteiger partial charge in [0.2, 0.25) is 0 Å². The summed E-state index contributed by atoms with van der Waals surface area (Å²) in [6, 6.07) is 0.564. The van der Waals surface area contributed by atoms with Crippen LogP contribution in [0.15, 0.2) is 0 Å². The quantitative estimate of drug-likeness (QED) is 0.705. The molecule has 5 heteroatoms. The normalized spacial score (nSPS) is 16.1. The summed E-state index contributed by atoms with van der Waals surface area (Å²) in [4.78, 5) is 0. The Morgan fingerprint density at radius 3 is 2.71 bits per heavy atom. The van der Waals surface area contributed by atoms with E-state index in [1.807, 2.05) is 6.92 Å². The van der Waals surface area contributed by atoms with E-state index in [0.717, 1.165) is 11.6 Å². The van der Waals surface area contributed by atoms with E-state index in [4.69, 9.17) is 16.3 Å². The summed E-state index contributed by atoms with van der Waals surface area (Å²) >= 11 is 5.79. The van der Waals surface area contributed by atoms with Crippen molar-refractivity contribution in [3.05, 3.63) is 11.6 Å². The van der Waals surface area contributed by atoms with Crippen LogP contribution in [0.3, 0.4) is 0 Å². The molecule has 1 saturated carbocycles. The van der Waals surface area contributed by atoms with Gasteiger partial charge in [-0.25, -0.2) is 0 Å². The van der Waals surface area contributed by atoms with Crippen LogP contribution in [0.4, 0.5) is 0 Å². The predicted octanol–water partition coefficient (Wildman–Crippen LogP) is 1.89. The highest BCUT2D eigenvalue weighted by Gasteiger charge is 2.28. The van der Waals surface area contributed by atoms with Gasteiger partial charge in [-0.1, -0.05) is 0 Å². The molecule has 78 valence electrons. The van der Waals surface area contributed by atoms with Gasteiger partial charge in [-0.15, -0.1) is 21.8 Å². The summed E-state index contributed by atoms with van der Waals surface area (Å²) in [6.45, 7) is 3.21. The maximum absolute atomic E-state index is 5.79. The first kappa shape index (κ1) is 9.93. The fourth-order valence-corrected chi connectivity index (χ4v) is 1.68. The summed E-state index contributed by atoms with van der Waals surface area (Å²) in [5, 5.41) is 8.14. The molecule has 0 spiro atoms. The molecule has 14 heavy (non-hydrogen) atoms. The van der Waals surface area contributed by atoms with Crippen molar-refractivity contribution in [3.8, 4) is 0 Å².